The van der Waals surface area contributed by atoms with Gasteiger partial charge in [0.05, 0.1) is 4.92 Å². The third-order valence-electron chi connectivity index (χ3n) is 3.36. The van der Waals surface area contributed by atoms with Crippen molar-refractivity contribution in [1.82, 2.24) is 5.32 Å². The number of aryl methyl sites for hydroxylation is 1. The van der Waals surface area contributed by atoms with Crippen LogP contribution in [0, 0.1) is 23.0 Å². The number of benzene rings is 1. The molecule has 0 unspecified atom stereocenters. The number of nitrogens with one attached hydrogen (secondary N) is 1. The summed E-state index contributed by atoms with van der Waals surface area (Å²) < 4.78 is 4.86. The standard InChI is InChI=1S/C15H20N2O5/c1-9(2)11(4)16-13(18)8-22-15(19)12-7-5-6-10(3)14(12)17(20)21/h5-7,9,11H,8H2,1-4H3,(H,16,18)/t11-/m0/s1. The number of esters is 1. The molecule has 0 heterocycles. The molecule has 1 atom stereocenters. The lowest BCUT2D eigenvalue weighted by molar-refractivity contribution is -0.385. The highest BCUT2D eigenvalue weighted by Crippen LogP contribution is 2.23. The van der Waals surface area contributed by atoms with E-state index in [2.05, 4.69) is 5.32 Å². The summed E-state index contributed by atoms with van der Waals surface area (Å²) in [7, 11) is 0. The van der Waals surface area contributed by atoms with Gasteiger partial charge in [0.25, 0.3) is 11.6 Å². The zero-order valence-corrected chi connectivity index (χ0v) is 13.1. The molecule has 1 N–H and O–H groups in total. The molecule has 0 aliphatic carbocycles. The maximum absolute atomic E-state index is 11.9. The van der Waals surface area contributed by atoms with Crippen LogP contribution in [0.5, 0.6) is 0 Å². The van der Waals surface area contributed by atoms with Crippen LogP contribution >= 0.6 is 0 Å². The molecule has 0 aromatic heterocycles. The first kappa shape index (κ1) is 17.6. The van der Waals surface area contributed by atoms with E-state index >= 15 is 0 Å². The largest absolute Gasteiger partial charge is 0.452 e. The van der Waals surface area contributed by atoms with Gasteiger partial charge in [-0.15, -0.1) is 0 Å². The number of nitro groups is 1. The molecule has 0 saturated carbocycles. The van der Waals surface area contributed by atoms with E-state index in [4.69, 9.17) is 4.74 Å². The van der Waals surface area contributed by atoms with Gasteiger partial charge in [-0.25, -0.2) is 4.79 Å². The van der Waals surface area contributed by atoms with Crippen LogP contribution in [0.15, 0.2) is 18.2 Å². The Morgan fingerprint density at radius 1 is 1.32 bits per heavy atom. The zero-order valence-electron chi connectivity index (χ0n) is 13.1. The van der Waals surface area contributed by atoms with Crippen molar-refractivity contribution in [3.8, 4) is 0 Å². The van der Waals surface area contributed by atoms with Gasteiger partial charge in [-0.05, 0) is 25.8 Å². The van der Waals surface area contributed by atoms with E-state index in [9.17, 15) is 19.7 Å². The third-order valence-corrected chi connectivity index (χ3v) is 3.36. The number of nitrogens with zero attached hydrogens (tertiary/aromatic N) is 1. The van der Waals surface area contributed by atoms with Crippen molar-refractivity contribution < 1.29 is 19.2 Å². The second-order valence-corrected chi connectivity index (χ2v) is 5.40. The van der Waals surface area contributed by atoms with Crippen LogP contribution in [0.2, 0.25) is 0 Å². The predicted molar refractivity (Wildman–Crippen MR) is 80.6 cm³/mol. The molecule has 0 saturated heterocycles. The summed E-state index contributed by atoms with van der Waals surface area (Å²) in [6.45, 7) is 6.81. The van der Waals surface area contributed by atoms with Gasteiger partial charge in [-0.1, -0.05) is 26.0 Å². The van der Waals surface area contributed by atoms with E-state index in [-0.39, 0.29) is 23.2 Å². The Labute approximate surface area is 128 Å². The summed E-state index contributed by atoms with van der Waals surface area (Å²) in [5.74, 6) is -1.08. The van der Waals surface area contributed by atoms with Crippen molar-refractivity contribution >= 4 is 17.6 Å². The average molecular weight is 308 g/mol. The van der Waals surface area contributed by atoms with Gasteiger partial charge in [0.1, 0.15) is 5.56 Å². The molecule has 1 aromatic carbocycles. The fourth-order valence-electron chi connectivity index (χ4n) is 1.74. The molecule has 1 aromatic rings. The van der Waals surface area contributed by atoms with Crippen LogP contribution in [0.1, 0.15) is 36.7 Å². The highest BCUT2D eigenvalue weighted by Gasteiger charge is 2.24. The average Bonchev–Trinajstić information content (AvgIpc) is 2.43. The molecule has 0 aliphatic rings. The Hall–Kier alpha value is -2.44. The molecular weight excluding hydrogens is 288 g/mol. The van der Waals surface area contributed by atoms with E-state index in [1.807, 2.05) is 20.8 Å². The van der Waals surface area contributed by atoms with Gasteiger partial charge >= 0.3 is 5.97 Å². The van der Waals surface area contributed by atoms with Crippen LogP contribution in [-0.4, -0.2) is 29.4 Å². The monoisotopic (exact) mass is 308 g/mol. The van der Waals surface area contributed by atoms with Crippen molar-refractivity contribution in [2.45, 2.75) is 33.7 Å². The van der Waals surface area contributed by atoms with E-state index < -0.39 is 23.4 Å². The molecule has 0 aliphatic heterocycles. The fourth-order valence-corrected chi connectivity index (χ4v) is 1.74. The molecule has 120 valence electrons. The maximum atomic E-state index is 11.9. The maximum Gasteiger partial charge on any atom is 0.345 e. The molecular formula is C15H20N2O5. The normalized spacial score (nSPS) is 11.9. The van der Waals surface area contributed by atoms with Gasteiger partial charge in [0, 0.05) is 11.6 Å². The molecule has 1 amide bonds. The lowest BCUT2D eigenvalue weighted by atomic mass is 10.1. The number of hydrogen-bond acceptors (Lipinski definition) is 5. The Balaban J connectivity index is 2.73. The van der Waals surface area contributed by atoms with Crippen molar-refractivity contribution in [3.05, 3.63) is 39.4 Å². The van der Waals surface area contributed by atoms with E-state index in [0.717, 1.165) is 0 Å². The van der Waals surface area contributed by atoms with Crippen molar-refractivity contribution in [3.63, 3.8) is 0 Å². The number of nitro benzene ring substituents is 1. The Bertz CT molecular complexity index is 583. The Morgan fingerprint density at radius 2 is 1.95 bits per heavy atom. The highest BCUT2D eigenvalue weighted by molar-refractivity contribution is 5.95. The second kappa shape index (κ2) is 7.53. The first-order valence-corrected chi connectivity index (χ1v) is 6.94. The molecule has 0 fully saturated rings. The minimum absolute atomic E-state index is 0.0560. The van der Waals surface area contributed by atoms with E-state index in [1.54, 1.807) is 0 Å². The van der Waals surface area contributed by atoms with Crippen LogP contribution < -0.4 is 5.32 Å². The second-order valence-electron chi connectivity index (χ2n) is 5.40. The first-order valence-electron chi connectivity index (χ1n) is 6.94. The number of rotatable bonds is 6. The number of hydrogen-bond donors (Lipinski definition) is 1. The smallest absolute Gasteiger partial charge is 0.345 e. The molecule has 1 rings (SSSR count). The summed E-state index contributed by atoms with van der Waals surface area (Å²) in [6.07, 6.45) is 0. The SMILES string of the molecule is Cc1cccc(C(=O)OCC(=O)N[C@@H](C)C(C)C)c1[N+](=O)[O-]. The van der Waals surface area contributed by atoms with E-state index in [1.165, 1.54) is 25.1 Å². The lowest BCUT2D eigenvalue weighted by Gasteiger charge is -2.17. The summed E-state index contributed by atoms with van der Waals surface area (Å²) in [5.41, 5.74) is -0.101. The van der Waals surface area contributed by atoms with Crippen molar-refractivity contribution in [1.29, 1.82) is 0 Å². The lowest BCUT2D eigenvalue weighted by Crippen LogP contribution is -2.38. The molecule has 0 spiro atoms. The summed E-state index contributed by atoms with van der Waals surface area (Å²) in [5, 5.41) is 13.7. The van der Waals surface area contributed by atoms with Crippen LogP contribution in [-0.2, 0) is 9.53 Å². The highest BCUT2D eigenvalue weighted by atomic mass is 16.6. The fraction of sp³-hybridized carbons (Fsp3) is 0.467. The van der Waals surface area contributed by atoms with E-state index in [0.29, 0.717) is 5.56 Å². The van der Waals surface area contributed by atoms with Gasteiger partial charge in [0.2, 0.25) is 0 Å². The number of para-hydroxylation sites is 1. The zero-order chi connectivity index (χ0) is 16.9. The molecule has 7 nitrogen and oxygen atoms in total. The molecule has 0 radical (unpaired) electrons. The van der Waals surface area contributed by atoms with Crippen molar-refractivity contribution in [2.75, 3.05) is 6.61 Å². The minimum atomic E-state index is -0.886. The summed E-state index contributed by atoms with van der Waals surface area (Å²) >= 11 is 0. The number of ether oxygens (including phenoxy) is 1. The van der Waals surface area contributed by atoms with Crippen LogP contribution in [0.4, 0.5) is 5.69 Å². The summed E-state index contributed by atoms with van der Waals surface area (Å²) in [6, 6.07) is 4.31. The Kier molecular flexibility index (Phi) is 6.03. The van der Waals surface area contributed by atoms with Gasteiger partial charge in [0.15, 0.2) is 6.61 Å². The van der Waals surface area contributed by atoms with Gasteiger partial charge < -0.3 is 10.1 Å². The molecule has 7 heteroatoms. The topological polar surface area (TPSA) is 98.5 Å². The summed E-state index contributed by atoms with van der Waals surface area (Å²) in [4.78, 5) is 34.0. The van der Waals surface area contributed by atoms with Crippen LogP contribution in [0.3, 0.4) is 0 Å². The number of amides is 1. The number of carbonyl (C=O) groups excluding carboxylic acids is 2. The van der Waals surface area contributed by atoms with Gasteiger partial charge in [-0.3, -0.25) is 14.9 Å². The Morgan fingerprint density at radius 3 is 2.50 bits per heavy atom. The first-order chi connectivity index (χ1) is 10.2. The van der Waals surface area contributed by atoms with Gasteiger partial charge in [-0.2, -0.15) is 0 Å². The third kappa shape index (κ3) is 4.54. The van der Waals surface area contributed by atoms with Crippen molar-refractivity contribution in [2.24, 2.45) is 5.92 Å². The quantitative estimate of drug-likeness (QED) is 0.493. The molecule has 22 heavy (non-hydrogen) atoms. The number of carbonyl (C=O) groups is 2. The molecule has 0 bridgehead atoms. The minimum Gasteiger partial charge on any atom is -0.452 e. The van der Waals surface area contributed by atoms with Crippen LogP contribution in [0.25, 0.3) is 0 Å². The predicted octanol–water partition coefficient (Wildman–Crippen LogP) is 2.22.